The van der Waals surface area contributed by atoms with Gasteiger partial charge in [-0.2, -0.15) is 0 Å². The Balaban J connectivity index is 1.32. The van der Waals surface area contributed by atoms with Crippen LogP contribution in [0.5, 0.6) is 0 Å². The van der Waals surface area contributed by atoms with E-state index in [1.165, 1.54) is 24.1 Å². The zero-order valence-corrected chi connectivity index (χ0v) is 13.8. The molecular weight excluding hydrogens is 294 g/mol. The van der Waals surface area contributed by atoms with Crippen LogP contribution < -0.4 is 5.73 Å². The molecule has 4 atom stereocenters. The van der Waals surface area contributed by atoms with E-state index < -0.39 is 0 Å². The van der Waals surface area contributed by atoms with Crippen LogP contribution in [-0.2, 0) is 11.3 Å². The Morgan fingerprint density at radius 2 is 2.00 bits per heavy atom. The highest BCUT2D eigenvalue weighted by molar-refractivity contribution is 7.09. The van der Waals surface area contributed by atoms with Gasteiger partial charge in [0.2, 0.25) is 5.91 Å². The van der Waals surface area contributed by atoms with Crippen LogP contribution in [-0.4, -0.2) is 47.9 Å². The third kappa shape index (κ3) is 2.59. The molecule has 2 bridgehead atoms. The van der Waals surface area contributed by atoms with Gasteiger partial charge < -0.3 is 10.6 Å². The van der Waals surface area contributed by atoms with Crippen molar-refractivity contribution in [1.29, 1.82) is 0 Å². The van der Waals surface area contributed by atoms with Gasteiger partial charge in [-0.15, -0.1) is 11.3 Å². The zero-order valence-electron chi connectivity index (χ0n) is 13.0. The van der Waals surface area contributed by atoms with Gasteiger partial charge >= 0.3 is 0 Å². The van der Waals surface area contributed by atoms with E-state index in [4.69, 9.17) is 5.73 Å². The number of thiophene rings is 1. The molecule has 1 aromatic heterocycles. The molecule has 0 aromatic carbocycles. The lowest BCUT2D eigenvalue weighted by Gasteiger charge is -2.38. The molecule has 1 aliphatic heterocycles. The van der Waals surface area contributed by atoms with Gasteiger partial charge in [-0.1, -0.05) is 6.07 Å². The molecule has 0 spiro atoms. The van der Waals surface area contributed by atoms with Crippen LogP contribution >= 0.6 is 11.3 Å². The van der Waals surface area contributed by atoms with Crippen LogP contribution in [0.3, 0.4) is 0 Å². The van der Waals surface area contributed by atoms with E-state index in [9.17, 15) is 4.79 Å². The van der Waals surface area contributed by atoms with Crippen LogP contribution in [0, 0.1) is 17.8 Å². The Morgan fingerprint density at radius 1 is 1.23 bits per heavy atom. The molecule has 1 aromatic rings. The molecule has 22 heavy (non-hydrogen) atoms. The summed E-state index contributed by atoms with van der Waals surface area (Å²) >= 11 is 1.81. The van der Waals surface area contributed by atoms with Crippen molar-refractivity contribution in [2.45, 2.75) is 31.8 Å². The average Bonchev–Trinajstić information content (AvgIpc) is 3.24. The average molecular weight is 319 g/mol. The van der Waals surface area contributed by atoms with Crippen LogP contribution in [0.4, 0.5) is 0 Å². The molecule has 1 saturated heterocycles. The number of rotatable bonds is 3. The molecule has 4 nitrogen and oxygen atoms in total. The van der Waals surface area contributed by atoms with E-state index in [-0.39, 0.29) is 12.0 Å². The number of amides is 1. The quantitative estimate of drug-likeness (QED) is 0.924. The third-order valence-corrected chi connectivity index (χ3v) is 6.77. The standard InChI is InChI=1S/C17H25N3OS/c18-16-13-4-3-12(10-13)15(16)17(21)20-7-5-19(6-8-20)11-14-2-1-9-22-14/h1-2,9,12-13,15-16H,3-8,10-11,18H2. The third-order valence-electron chi connectivity index (χ3n) is 5.91. The van der Waals surface area contributed by atoms with Gasteiger partial charge in [0.25, 0.3) is 0 Å². The molecule has 3 aliphatic rings. The van der Waals surface area contributed by atoms with Crippen LogP contribution in [0.1, 0.15) is 24.1 Å². The Bertz CT molecular complexity index is 522. The van der Waals surface area contributed by atoms with Crippen molar-refractivity contribution in [3.63, 3.8) is 0 Å². The maximum atomic E-state index is 12.9. The molecular formula is C17H25N3OS. The second kappa shape index (κ2) is 5.95. The number of hydrogen-bond donors (Lipinski definition) is 1. The normalized spacial score (nSPS) is 35.2. The van der Waals surface area contributed by atoms with E-state index in [0.29, 0.717) is 17.7 Å². The number of hydrogen-bond acceptors (Lipinski definition) is 4. The maximum absolute atomic E-state index is 12.9. The monoisotopic (exact) mass is 319 g/mol. The van der Waals surface area contributed by atoms with Crippen LogP contribution in [0.25, 0.3) is 0 Å². The Kier molecular flexibility index (Phi) is 3.96. The van der Waals surface area contributed by atoms with E-state index in [1.807, 2.05) is 11.3 Å². The van der Waals surface area contributed by atoms with Crippen molar-refractivity contribution < 1.29 is 4.79 Å². The topological polar surface area (TPSA) is 49.6 Å². The van der Waals surface area contributed by atoms with Gasteiger partial charge in [0, 0.05) is 43.6 Å². The predicted octanol–water partition coefficient (Wildman–Crippen LogP) is 1.77. The molecule has 3 fully saturated rings. The van der Waals surface area contributed by atoms with Gasteiger partial charge in [0.05, 0.1) is 5.92 Å². The fourth-order valence-corrected chi connectivity index (χ4v) is 5.41. The van der Waals surface area contributed by atoms with Gasteiger partial charge in [0.1, 0.15) is 0 Å². The second-order valence-corrected chi connectivity index (χ2v) is 8.15. The molecule has 0 radical (unpaired) electrons. The number of carbonyl (C=O) groups excluding carboxylic acids is 1. The molecule has 120 valence electrons. The summed E-state index contributed by atoms with van der Waals surface area (Å²) in [5.41, 5.74) is 6.33. The van der Waals surface area contributed by atoms with Crippen molar-refractivity contribution in [3.8, 4) is 0 Å². The van der Waals surface area contributed by atoms with Gasteiger partial charge in [-0.05, 0) is 42.5 Å². The summed E-state index contributed by atoms with van der Waals surface area (Å²) in [5.74, 6) is 1.63. The summed E-state index contributed by atoms with van der Waals surface area (Å²) in [5, 5.41) is 2.13. The fourth-order valence-electron chi connectivity index (χ4n) is 4.66. The van der Waals surface area contributed by atoms with E-state index in [0.717, 1.165) is 32.7 Å². The largest absolute Gasteiger partial charge is 0.340 e. The molecule has 1 amide bonds. The first-order valence-corrected chi connectivity index (χ1v) is 9.39. The summed E-state index contributed by atoms with van der Waals surface area (Å²) in [6, 6.07) is 4.42. The number of carbonyl (C=O) groups is 1. The predicted molar refractivity (Wildman–Crippen MR) is 88.5 cm³/mol. The number of fused-ring (bicyclic) bond motifs is 2. The number of piperazine rings is 1. The van der Waals surface area contributed by atoms with Gasteiger partial charge in [-0.3, -0.25) is 9.69 Å². The molecule has 2 saturated carbocycles. The maximum Gasteiger partial charge on any atom is 0.227 e. The molecule has 2 heterocycles. The first kappa shape index (κ1) is 14.7. The summed E-state index contributed by atoms with van der Waals surface area (Å²) < 4.78 is 0. The molecule has 4 unspecified atom stereocenters. The van der Waals surface area contributed by atoms with Crippen molar-refractivity contribution in [1.82, 2.24) is 9.80 Å². The molecule has 4 rings (SSSR count). The number of nitrogens with two attached hydrogens (primary N) is 1. The fraction of sp³-hybridized carbons (Fsp3) is 0.706. The van der Waals surface area contributed by atoms with Crippen molar-refractivity contribution in [2.75, 3.05) is 26.2 Å². The lowest BCUT2D eigenvalue weighted by molar-refractivity contribution is -0.139. The highest BCUT2D eigenvalue weighted by atomic mass is 32.1. The molecule has 2 aliphatic carbocycles. The Labute approximate surface area is 136 Å². The SMILES string of the molecule is NC1C2CCC(C2)C1C(=O)N1CCN(Cc2cccs2)CC1. The molecule has 2 N–H and O–H groups in total. The minimum Gasteiger partial charge on any atom is -0.340 e. The first-order chi connectivity index (χ1) is 10.7. The highest BCUT2D eigenvalue weighted by Crippen LogP contribution is 2.48. The zero-order chi connectivity index (χ0) is 15.1. The molecule has 5 heteroatoms. The van der Waals surface area contributed by atoms with Gasteiger partial charge in [0.15, 0.2) is 0 Å². The minimum absolute atomic E-state index is 0.114. The lowest BCUT2D eigenvalue weighted by Crippen LogP contribution is -2.53. The summed E-state index contributed by atoms with van der Waals surface area (Å²) in [6.45, 7) is 4.72. The van der Waals surface area contributed by atoms with E-state index >= 15 is 0 Å². The summed E-state index contributed by atoms with van der Waals surface area (Å²) in [7, 11) is 0. The van der Waals surface area contributed by atoms with Gasteiger partial charge in [-0.25, -0.2) is 0 Å². The Morgan fingerprint density at radius 3 is 2.64 bits per heavy atom. The van der Waals surface area contributed by atoms with E-state index in [2.05, 4.69) is 27.3 Å². The van der Waals surface area contributed by atoms with Crippen molar-refractivity contribution in [3.05, 3.63) is 22.4 Å². The lowest BCUT2D eigenvalue weighted by atomic mass is 9.84. The van der Waals surface area contributed by atoms with Crippen molar-refractivity contribution in [2.24, 2.45) is 23.5 Å². The summed E-state index contributed by atoms with van der Waals surface area (Å²) in [6.07, 6.45) is 3.65. The van der Waals surface area contributed by atoms with Crippen LogP contribution in [0.15, 0.2) is 17.5 Å². The smallest absolute Gasteiger partial charge is 0.227 e. The summed E-state index contributed by atoms with van der Waals surface area (Å²) in [4.78, 5) is 18.8. The Hall–Kier alpha value is -0.910. The van der Waals surface area contributed by atoms with E-state index in [1.54, 1.807) is 0 Å². The van der Waals surface area contributed by atoms with Crippen LogP contribution in [0.2, 0.25) is 0 Å². The minimum atomic E-state index is 0.114. The highest BCUT2D eigenvalue weighted by Gasteiger charge is 2.50. The number of nitrogens with zero attached hydrogens (tertiary/aromatic N) is 2. The van der Waals surface area contributed by atoms with Crippen molar-refractivity contribution >= 4 is 17.2 Å². The second-order valence-electron chi connectivity index (χ2n) is 7.12. The first-order valence-electron chi connectivity index (χ1n) is 8.51.